The Hall–Kier alpha value is -1.72. The Kier molecular flexibility index (Phi) is 3.96. The van der Waals surface area contributed by atoms with E-state index in [1.165, 1.54) is 24.2 Å². The van der Waals surface area contributed by atoms with Crippen LogP contribution in [-0.2, 0) is 4.79 Å². The molecule has 1 aromatic rings. The van der Waals surface area contributed by atoms with Crippen LogP contribution in [0.5, 0.6) is 0 Å². The van der Waals surface area contributed by atoms with E-state index in [0.717, 1.165) is 12.3 Å². The molecule has 2 saturated carbocycles. The Bertz CT molecular complexity index is 691. The van der Waals surface area contributed by atoms with Crippen LogP contribution in [0.3, 0.4) is 0 Å². The van der Waals surface area contributed by atoms with E-state index in [2.05, 4.69) is 0 Å². The maximum absolute atomic E-state index is 13.3. The van der Waals surface area contributed by atoms with E-state index in [-0.39, 0.29) is 24.2 Å². The molecule has 1 heterocycles. The highest BCUT2D eigenvalue weighted by Gasteiger charge is 2.61. The van der Waals surface area contributed by atoms with Gasteiger partial charge in [0, 0.05) is 5.56 Å². The fourth-order valence-corrected chi connectivity index (χ4v) is 5.37. The highest BCUT2D eigenvalue weighted by atomic mass is 16.3. The minimum absolute atomic E-state index is 0.0786. The summed E-state index contributed by atoms with van der Waals surface area (Å²) in [5, 5.41) is 10.7. The van der Waals surface area contributed by atoms with Crippen LogP contribution in [0.4, 0.5) is 0 Å². The van der Waals surface area contributed by atoms with Crippen LogP contribution in [0.1, 0.15) is 43.0 Å². The first-order valence-corrected chi connectivity index (χ1v) is 9.23. The predicted molar refractivity (Wildman–Crippen MR) is 93.6 cm³/mol. The molecule has 1 aliphatic heterocycles. The molecule has 134 valence electrons. The van der Waals surface area contributed by atoms with Crippen LogP contribution < -0.4 is 0 Å². The quantitative estimate of drug-likeness (QED) is 0.852. The third kappa shape index (κ3) is 2.44. The minimum atomic E-state index is -1.04. The number of ketones is 1. The molecule has 1 N–H and O–H groups in total. The van der Waals surface area contributed by atoms with Gasteiger partial charge >= 0.3 is 0 Å². The number of amides is 1. The van der Waals surface area contributed by atoms with Crippen molar-refractivity contribution in [1.82, 2.24) is 9.80 Å². The molecule has 1 aromatic carbocycles. The molecule has 4 rings (SSSR count). The second-order valence-corrected chi connectivity index (χ2v) is 8.11. The van der Waals surface area contributed by atoms with E-state index in [1.807, 2.05) is 20.0 Å². The lowest BCUT2D eigenvalue weighted by molar-refractivity contribution is -0.137. The lowest BCUT2D eigenvalue weighted by Crippen LogP contribution is -2.53. The lowest BCUT2D eigenvalue weighted by Gasteiger charge is -2.39. The predicted octanol–water partition coefficient (Wildman–Crippen LogP) is 2.11. The Labute approximate surface area is 148 Å². The number of aliphatic hydroxyl groups excluding tert-OH is 1. The summed E-state index contributed by atoms with van der Waals surface area (Å²) in [6.07, 6.45) is 3.69. The SMILES string of the molecule is CN1C(O)N(CC(=O)c2ccccc2)C(=O)C1(C)C1C[C@@H]2CC[C@H]1C2. The van der Waals surface area contributed by atoms with Crippen LogP contribution in [0.2, 0.25) is 0 Å². The summed E-state index contributed by atoms with van der Waals surface area (Å²) in [5.41, 5.74) is -0.144. The molecular formula is C20H26N2O3. The van der Waals surface area contributed by atoms with Crippen LogP contribution in [0, 0.1) is 17.8 Å². The van der Waals surface area contributed by atoms with E-state index < -0.39 is 11.9 Å². The molecule has 25 heavy (non-hydrogen) atoms. The molecule has 1 saturated heterocycles. The Morgan fingerprint density at radius 3 is 2.56 bits per heavy atom. The summed E-state index contributed by atoms with van der Waals surface area (Å²) in [7, 11) is 1.81. The third-order valence-electron chi connectivity index (χ3n) is 6.92. The van der Waals surface area contributed by atoms with Gasteiger partial charge in [-0.3, -0.25) is 14.5 Å². The van der Waals surface area contributed by atoms with Crippen molar-refractivity contribution in [3.8, 4) is 0 Å². The largest absolute Gasteiger partial charge is 0.361 e. The van der Waals surface area contributed by atoms with Crippen molar-refractivity contribution in [2.45, 2.75) is 44.5 Å². The molecule has 3 fully saturated rings. The first kappa shape index (κ1) is 16.7. The van der Waals surface area contributed by atoms with Crippen LogP contribution in [0.25, 0.3) is 0 Å². The number of aliphatic hydroxyl groups is 1. The molecule has 0 aromatic heterocycles. The van der Waals surface area contributed by atoms with E-state index in [0.29, 0.717) is 11.5 Å². The highest BCUT2D eigenvalue weighted by Crippen LogP contribution is 2.55. The average molecular weight is 342 g/mol. The molecule has 1 amide bonds. The number of hydrogen-bond acceptors (Lipinski definition) is 4. The highest BCUT2D eigenvalue weighted by molar-refractivity contribution is 6.00. The van der Waals surface area contributed by atoms with E-state index in [4.69, 9.17) is 0 Å². The van der Waals surface area contributed by atoms with Crippen molar-refractivity contribution in [3.63, 3.8) is 0 Å². The van der Waals surface area contributed by atoms with Crippen molar-refractivity contribution in [3.05, 3.63) is 35.9 Å². The number of carbonyl (C=O) groups excluding carboxylic acids is 2. The summed E-state index contributed by atoms with van der Waals surface area (Å²) >= 11 is 0. The van der Waals surface area contributed by atoms with Crippen LogP contribution in [-0.4, -0.2) is 52.1 Å². The number of likely N-dealkylation sites (N-methyl/N-ethyl adjacent to an activating group) is 1. The summed E-state index contributed by atoms with van der Waals surface area (Å²) in [4.78, 5) is 28.9. The van der Waals surface area contributed by atoms with Gasteiger partial charge in [0.05, 0.1) is 6.54 Å². The van der Waals surface area contributed by atoms with Gasteiger partial charge in [-0.15, -0.1) is 0 Å². The second kappa shape index (κ2) is 5.92. The Balaban J connectivity index is 1.56. The average Bonchev–Trinajstić information content (AvgIpc) is 3.31. The van der Waals surface area contributed by atoms with Crippen molar-refractivity contribution in [1.29, 1.82) is 0 Å². The van der Waals surface area contributed by atoms with Gasteiger partial charge in [-0.25, -0.2) is 4.90 Å². The number of Topliss-reactive ketones (excluding diaryl/α,β-unsaturated/α-hetero) is 1. The molecule has 2 aliphatic carbocycles. The topological polar surface area (TPSA) is 60.9 Å². The maximum Gasteiger partial charge on any atom is 0.246 e. The molecule has 5 nitrogen and oxygen atoms in total. The standard InChI is InChI=1S/C20H26N2O3/c1-20(16-11-13-8-9-15(16)10-13)18(24)22(19(25)21(20)2)12-17(23)14-6-4-3-5-7-14/h3-7,13,15-16,19,25H,8-12H2,1-2H3/t13-,15+,16?,19?,20?/m1/s1. The molecule has 5 heteroatoms. The smallest absolute Gasteiger partial charge is 0.246 e. The van der Waals surface area contributed by atoms with Gasteiger partial charge in [-0.1, -0.05) is 36.8 Å². The fourth-order valence-electron chi connectivity index (χ4n) is 5.37. The summed E-state index contributed by atoms with van der Waals surface area (Å²) in [6.45, 7) is 1.88. The first-order chi connectivity index (χ1) is 11.9. The number of rotatable bonds is 4. The van der Waals surface area contributed by atoms with E-state index >= 15 is 0 Å². The zero-order valence-corrected chi connectivity index (χ0v) is 14.9. The van der Waals surface area contributed by atoms with Crippen molar-refractivity contribution in [2.24, 2.45) is 17.8 Å². The number of fused-ring (bicyclic) bond motifs is 2. The van der Waals surface area contributed by atoms with E-state index in [9.17, 15) is 14.7 Å². The summed E-state index contributed by atoms with van der Waals surface area (Å²) in [5.74, 6) is 1.32. The number of nitrogens with zero attached hydrogens (tertiary/aromatic N) is 2. The van der Waals surface area contributed by atoms with Gasteiger partial charge in [-0.05, 0) is 51.0 Å². The van der Waals surface area contributed by atoms with Gasteiger partial charge < -0.3 is 5.11 Å². The Morgan fingerprint density at radius 1 is 1.24 bits per heavy atom. The molecule has 0 radical (unpaired) electrons. The Morgan fingerprint density at radius 2 is 1.96 bits per heavy atom. The zero-order chi connectivity index (χ0) is 17.8. The maximum atomic E-state index is 13.3. The fraction of sp³-hybridized carbons (Fsp3) is 0.600. The third-order valence-corrected chi connectivity index (χ3v) is 6.92. The molecule has 3 aliphatic rings. The lowest BCUT2D eigenvalue weighted by atomic mass is 9.74. The number of hydrogen-bond donors (Lipinski definition) is 1. The minimum Gasteiger partial charge on any atom is -0.361 e. The zero-order valence-electron chi connectivity index (χ0n) is 14.9. The summed E-state index contributed by atoms with van der Waals surface area (Å²) < 4.78 is 0. The van der Waals surface area contributed by atoms with Crippen LogP contribution in [0.15, 0.2) is 30.3 Å². The molecular weight excluding hydrogens is 316 g/mol. The van der Waals surface area contributed by atoms with Gasteiger partial charge in [0.2, 0.25) is 5.91 Å². The van der Waals surface area contributed by atoms with Crippen molar-refractivity contribution in [2.75, 3.05) is 13.6 Å². The first-order valence-electron chi connectivity index (χ1n) is 9.23. The molecule has 2 bridgehead atoms. The van der Waals surface area contributed by atoms with Crippen LogP contribution >= 0.6 is 0 Å². The van der Waals surface area contributed by atoms with Gasteiger partial charge in [0.25, 0.3) is 0 Å². The van der Waals surface area contributed by atoms with Gasteiger partial charge in [-0.2, -0.15) is 0 Å². The van der Waals surface area contributed by atoms with Gasteiger partial charge in [0.15, 0.2) is 12.1 Å². The molecule has 0 spiro atoms. The van der Waals surface area contributed by atoms with Gasteiger partial charge in [0.1, 0.15) is 5.54 Å². The molecule has 5 atom stereocenters. The van der Waals surface area contributed by atoms with Crippen molar-refractivity contribution < 1.29 is 14.7 Å². The van der Waals surface area contributed by atoms with E-state index in [1.54, 1.807) is 29.2 Å². The van der Waals surface area contributed by atoms with Crippen molar-refractivity contribution >= 4 is 11.7 Å². The summed E-state index contributed by atoms with van der Waals surface area (Å²) in [6, 6.07) is 8.96. The second-order valence-electron chi connectivity index (χ2n) is 8.11. The normalized spacial score (nSPS) is 37.9. The molecule has 3 unspecified atom stereocenters. The number of carbonyl (C=O) groups is 2. The monoisotopic (exact) mass is 342 g/mol. The number of benzene rings is 1.